The van der Waals surface area contributed by atoms with Crippen molar-refractivity contribution in [2.24, 2.45) is 0 Å². The molecule has 7 nitrogen and oxygen atoms in total. The number of thioether (sulfide) groups is 1. The number of esters is 1. The number of ether oxygens (including phenoxy) is 1. The molecule has 0 aromatic heterocycles. The number of fused-ring (bicyclic) bond motifs is 1. The molecule has 9 heteroatoms. The van der Waals surface area contributed by atoms with Crippen LogP contribution in [0.1, 0.15) is 6.42 Å². The van der Waals surface area contributed by atoms with Crippen molar-refractivity contribution in [3.63, 3.8) is 0 Å². The molecule has 1 aromatic carbocycles. The summed E-state index contributed by atoms with van der Waals surface area (Å²) in [5, 5.41) is 9.65. The van der Waals surface area contributed by atoms with Crippen LogP contribution < -0.4 is 4.90 Å². The van der Waals surface area contributed by atoms with Crippen LogP contribution in [0.3, 0.4) is 0 Å². The molecule has 0 bridgehead atoms. The minimum absolute atomic E-state index is 0.138. The summed E-state index contributed by atoms with van der Waals surface area (Å²) in [7, 11) is -2.87. The number of carbonyl (C=O) groups is 1. The minimum Gasteiger partial charge on any atom is -0.465 e. The van der Waals surface area contributed by atoms with Crippen molar-refractivity contribution in [2.45, 2.75) is 11.3 Å². The van der Waals surface area contributed by atoms with Crippen molar-refractivity contribution >= 4 is 33.5 Å². The highest BCUT2D eigenvalue weighted by molar-refractivity contribution is 8.03. The first-order valence-electron chi connectivity index (χ1n) is 6.59. The summed E-state index contributed by atoms with van der Waals surface area (Å²) in [6, 6.07) is 9.13. The van der Waals surface area contributed by atoms with Gasteiger partial charge in [0.05, 0.1) is 18.6 Å². The molecule has 122 valence electrons. The second kappa shape index (κ2) is 7.04. The van der Waals surface area contributed by atoms with Gasteiger partial charge in [-0.2, -0.15) is 13.7 Å². The SMILES string of the molecule is COC(=O)C(C#N)=C1Sc2ccccc2N1CCCS(=O)(=O)O. The molecule has 23 heavy (non-hydrogen) atoms. The largest absolute Gasteiger partial charge is 0.465 e. The number of nitrogens with zero attached hydrogens (tertiary/aromatic N) is 2. The molecule has 1 N–H and O–H groups in total. The maximum Gasteiger partial charge on any atom is 0.351 e. The quantitative estimate of drug-likeness (QED) is 0.369. The van der Waals surface area contributed by atoms with Crippen molar-refractivity contribution in [1.29, 1.82) is 5.26 Å². The third kappa shape index (κ3) is 4.04. The van der Waals surface area contributed by atoms with E-state index in [1.54, 1.807) is 4.90 Å². The first-order chi connectivity index (χ1) is 10.9. The van der Waals surface area contributed by atoms with Crippen LogP contribution in [0.2, 0.25) is 0 Å². The number of benzene rings is 1. The Balaban J connectivity index is 2.37. The van der Waals surface area contributed by atoms with E-state index < -0.39 is 21.8 Å². The molecule has 0 atom stereocenters. The third-order valence-corrected chi connectivity index (χ3v) is 5.09. The number of rotatable bonds is 5. The Kier molecular flexibility index (Phi) is 5.30. The molecule has 0 saturated heterocycles. The van der Waals surface area contributed by atoms with E-state index in [1.165, 1.54) is 18.9 Å². The highest BCUT2D eigenvalue weighted by atomic mass is 32.2. The summed E-state index contributed by atoms with van der Waals surface area (Å²) in [6.07, 6.45) is 0.150. The molecule has 1 heterocycles. The van der Waals surface area contributed by atoms with Gasteiger partial charge in [0.15, 0.2) is 5.57 Å². The van der Waals surface area contributed by atoms with Gasteiger partial charge < -0.3 is 9.64 Å². The first kappa shape index (κ1) is 17.3. The van der Waals surface area contributed by atoms with Gasteiger partial charge >= 0.3 is 5.97 Å². The van der Waals surface area contributed by atoms with E-state index in [0.717, 1.165) is 10.6 Å². The molecule has 0 radical (unpaired) electrons. The van der Waals surface area contributed by atoms with Crippen molar-refractivity contribution in [2.75, 3.05) is 24.3 Å². The van der Waals surface area contributed by atoms with Crippen molar-refractivity contribution < 1.29 is 22.5 Å². The van der Waals surface area contributed by atoms with Gasteiger partial charge in [0.25, 0.3) is 10.1 Å². The summed E-state index contributed by atoms with van der Waals surface area (Å²) in [4.78, 5) is 14.3. The molecule has 0 aliphatic carbocycles. The Bertz CT molecular complexity index is 796. The van der Waals surface area contributed by atoms with Crippen LogP contribution in [0.15, 0.2) is 39.8 Å². The predicted octanol–water partition coefficient (Wildman–Crippen LogP) is 1.78. The van der Waals surface area contributed by atoms with Crippen molar-refractivity contribution in [3.8, 4) is 6.07 Å². The molecule has 2 rings (SSSR count). The zero-order valence-corrected chi connectivity index (χ0v) is 13.9. The van der Waals surface area contributed by atoms with Crippen molar-refractivity contribution in [1.82, 2.24) is 0 Å². The summed E-state index contributed by atoms with van der Waals surface area (Å²) in [5.74, 6) is -1.15. The van der Waals surface area contributed by atoms with Gasteiger partial charge in [0.2, 0.25) is 0 Å². The number of hydrogen-bond donors (Lipinski definition) is 1. The monoisotopic (exact) mass is 354 g/mol. The number of hydrogen-bond acceptors (Lipinski definition) is 7. The standard InChI is InChI=1S/C14H14N2O5S2/c1-21-14(17)10(9-15)13-16(7-4-8-23(18,19)20)11-5-2-3-6-12(11)22-13/h2-3,5-6H,4,7-8H2,1H3,(H,18,19,20). The van der Waals surface area contributed by atoms with E-state index >= 15 is 0 Å². The van der Waals surface area contributed by atoms with Gasteiger partial charge in [-0.05, 0) is 18.6 Å². The smallest absolute Gasteiger partial charge is 0.351 e. The van der Waals surface area contributed by atoms with Gasteiger partial charge in [-0.1, -0.05) is 23.9 Å². The summed E-state index contributed by atoms with van der Waals surface area (Å²) in [6.45, 7) is 0.237. The van der Waals surface area contributed by atoms with E-state index in [0.29, 0.717) is 5.03 Å². The first-order valence-corrected chi connectivity index (χ1v) is 9.02. The molecular weight excluding hydrogens is 340 g/mol. The maximum atomic E-state index is 11.8. The van der Waals surface area contributed by atoms with E-state index in [4.69, 9.17) is 4.55 Å². The van der Waals surface area contributed by atoms with E-state index in [9.17, 15) is 18.5 Å². The van der Waals surface area contributed by atoms with Gasteiger partial charge in [0.1, 0.15) is 11.1 Å². The van der Waals surface area contributed by atoms with Crippen LogP contribution in [0.4, 0.5) is 5.69 Å². The lowest BCUT2D eigenvalue weighted by molar-refractivity contribution is -0.135. The Morgan fingerprint density at radius 2 is 2.13 bits per heavy atom. The van der Waals surface area contributed by atoms with Crippen LogP contribution >= 0.6 is 11.8 Å². The van der Waals surface area contributed by atoms with Crippen LogP contribution in [0.5, 0.6) is 0 Å². The van der Waals surface area contributed by atoms with Gasteiger partial charge in [0, 0.05) is 11.4 Å². The van der Waals surface area contributed by atoms with E-state index in [-0.39, 0.29) is 18.5 Å². The van der Waals surface area contributed by atoms with Crippen molar-refractivity contribution in [3.05, 3.63) is 34.9 Å². The molecule has 0 spiro atoms. The Hall–Kier alpha value is -2.02. The molecule has 0 unspecified atom stereocenters. The fraction of sp³-hybridized carbons (Fsp3) is 0.286. The average molecular weight is 354 g/mol. The van der Waals surface area contributed by atoms with Crippen LogP contribution in [-0.4, -0.2) is 38.3 Å². The Morgan fingerprint density at radius 1 is 1.43 bits per heavy atom. The molecule has 0 fully saturated rings. The number of carbonyl (C=O) groups excluding carboxylic acids is 1. The Morgan fingerprint density at radius 3 is 2.74 bits per heavy atom. The average Bonchev–Trinajstić information content (AvgIpc) is 2.85. The number of para-hydroxylation sites is 1. The molecular formula is C14H14N2O5S2. The summed E-state index contributed by atoms with van der Waals surface area (Å²) in [5.41, 5.74) is 0.639. The minimum atomic E-state index is -4.06. The summed E-state index contributed by atoms with van der Waals surface area (Å²) < 4.78 is 35.2. The van der Waals surface area contributed by atoms with Gasteiger partial charge in [-0.3, -0.25) is 4.55 Å². The zero-order valence-electron chi connectivity index (χ0n) is 12.2. The predicted molar refractivity (Wildman–Crippen MR) is 85.3 cm³/mol. The van der Waals surface area contributed by atoms with Gasteiger partial charge in [-0.15, -0.1) is 0 Å². The molecule has 0 saturated carbocycles. The molecule has 1 aliphatic rings. The normalized spacial score (nSPS) is 15.8. The zero-order chi connectivity index (χ0) is 17.0. The van der Waals surface area contributed by atoms with E-state index in [2.05, 4.69) is 4.74 Å². The van der Waals surface area contributed by atoms with E-state index in [1.807, 2.05) is 30.3 Å². The number of methoxy groups -OCH3 is 1. The highest BCUT2D eigenvalue weighted by Crippen LogP contribution is 2.47. The fourth-order valence-corrected chi connectivity index (χ4v) is 3.79. The van der Waals surface area contributed by atoms with Gasteiger partial charge in [-0.25, -0.2) is 4.79 Å². The maximum absolute atomic E-state index is 11.8. The lowest BCUT2D eigenvalue weighted by Gasteiger charge is -2.20. The Labute approximate surface area is 138 Å². The van der Waals surface area contributed by atoms with Crippen LogP contribution in [0, 0.1) is 11.3 Å². The second-order valence-electron chi connectivity index (χ2n) is 4.64. The topological polar surface area (TPSA) is 108 Å². The highest BCUT2D eigenvalue weighted by Gasteiger charge is 2.30. The fourth-order valence-electron chi connectivity index (χ4n) is 2.13. The molecule has 1 aliphatic heterocycles. The number of anilines is 1. The lowest BCUT2D eigenvalue weighted by Crippen LogP contribution is -2.24. The molecule has 0 amide bonds. The second-order valence-corrected chi connectivity index (χ2v) is 7.25. The lowest BCUT2D eigenvalue weighted by atomic mass is 10.2. The third-order valence-electron chi connectivity index (χ3n) is 3.11. The summed E-state index contributed by atoms with van der Waals surface area (Å²) >= 11 is 1.25. The molecule has 1 aromatic rings. The van der Waals surface area contributed by atoms with Crippen LogP contribution in [0.25, 0.3) is 0 Å². The number of nitriles is 1. The van der Waals surface area contributed by atoms with Crippen LogP contribution in [-0.2, 0) is 19.6 Å².